The fourth-order valence-electron chi connectivity index (χ4n) is 1.32. The maximum Gasteiger partial charge on any atom is 0.390 e. The molecule has 0 saturated heterocycles. The molecule has 0 amide bonds. The summed E-state index contributed by atoms with van der Waals surface area (Å²) in [5, 5.41) is 11.5. The molecule has 0 aromatic heterocycles. The monoisotopic (exact) mass is 279 g/mol. The van der Waals surface area contributed by atoms with Crippen molar-refractivity contribution in [2.45, 2.75) is 17.5 Å². The van der Waals surface area contributed by atoms with Crippen molar-refractivity contribution in [1.29, 1.82) is 0 Å². The maximum absolute atomic E-state index is 12.0. The number of carboxylic acids is 1. The van der Waals surface area contributed by atoms with Crippen molar-refractivity contribution in [3.05, 3.63) is 23.8 Å². The number of hydrogen-bond acceptors (Lipinski definition) is 3. The predicted molar refractivity (Wildman–Crippen MR) is 64.3 cm³/mol. The number of halogens is 3. The number of aromatic carboxylic acids is 1. The molecule has 1 rings (SSSR count). The molecule has 0 saturated carbocycles. The van der Waals surface area contributed by atoms with Crippen LogP contribution < -0.4 is 5.32 Å². The summed E-state index contributed by atoms with van der Waals surface area (Å²) in [5.41, 5.74) is 0.175. The third kappa shape index (κ3) is 4.48. The summed E-state index contributed by atoms with van der Waals surface area (Å²) in [4.78, 5) is 11.7. The van der Waals surface area contributed by atoms with Gasteiger partial charge < -0.3 is 10.4 Å². The molecule has 0 spiro atoms. The molecule has 3 nitrogen and oxygen atoms in total. The van der Waals surface area contributed by atoms with Gasteiger partial charge in [-0.3, -0.25) is 0 Å². The Bertz CT molecular complexity index is 435. The smallest absolute Gasteiger partial charge is 0.390 e. The van der Waals surface area contributed by atoms with Crippen LogP contribution in [0.15, 0.2) is 23.1 Å². The van der Waals surface area contributed by atoms with Crippen LogP contribution in [0.3, 0.4) is 0 Å². The molecular formula is C11H12F3NO2S. The first-order valence-electron chi connectivity index (χ1n) is 5.05. The van der Waals surface area contributed by atoms with E-state index in [-0.39, 0.29) is 17.8 Å². The molecule has 0 bridgehead atoms. The summed E-state index contributed by atoms with van der Waals surface area (Å²) in [6, 6.07) is 4.57. The standard InChI is InChI=1S/C11H12F3NO2S/c1-18-7-2-3-9(8(6-7)10(16)17)15-5-4-11(12,13)14/h2-3,6,15H,4-5H2,1H3,(H,16,17). The topological polar surface area (TPSA) is 49.3 Å². The van der Waals surface area contributed by atoms with Gasteiger partial charge in [-0.05, 0) is 24.5 Å². The third-order valence-electron chi connectivity index (χ3n) is 2.18. The number of benzene rings is 1. The van der Waals surface area contributed by atoms with Crippen molar-refractivity contribution in [3.8, 4) is 0 Å². The Morgan fingerprint density at radius 1 is 1.44 bits per heavy atom. The highest BCUT2D eigenvalue weighted by molar-refractivity contribution is 7.98. The zero-order valence-corrected chi connectivity index (χ0v) is 10.4. The number of thioether (sulfide) groups is 1. The van der Waals surface area contributed by atoms with Crippen molar-refractivity contribution < 1.29 is 23.1 Å². The first-order valence-corrected chi connectivity index (χ1v) is 6.28. The molecule has 0 aliphatic heterocycles. The van der Waals surface area contributed by atoms with Gasteiger partial charge in [0.1, 0.15) is 0 Å². The van der Waals surface area contributed by atoms with Crippen LogP contribution in [-0.2, 0) is 0 Å². The Balaban J connectivity index is 2.79. The quantitative estimate of drug-likeness (QED) is 0.810. The van der Waals surface area contributed by atoms with E-state index in [0.717, 1.165) is 4.90 Å². The van der Waals surface area contributed by atoms with E-state index in [1.54, 1.807) is 12.3 Å². The fraction of sp³-hybridized carbons (Fsp3) is 0.364. The minimum Gasteiger partial charge on any atom is -0.478 e. The first kappa shape index (κ1) is 14.7. The number of nitrogens with one attached hydrogen (secondary N) is 1. The minimum atomic E-state index is -4.25. The number of carboxylic acid groups (broad SMARTS) is 1. The second-order valence-corrected chi connectivity index (χ2v) is 4.39. The molecule has 0 atom stereocenters. The highest BCUT2D eigenvalue weighted by Gasteiger charge is 2.26. The molecule has 0 aliphatic carbocycles. The Kier molecular flexibility index (Phi) is 4.89. The summed E-state index contributed by atoms with van der Waals surface area (Å²) in [6.07, 6.45) is -3.47. The summed E-state index contributed by atoms with van der Waals surface area (Å²) in [6.45, 7) is -0.345. The summed E-state index contributed by atoms with van der Waals surface area (Å²) < 4.78 is 35.9. The van der Waals surface area contributed by atoms with Gasteiger partial charge in [-0.1, -0.05) is 0 Å². The summed E-state index contributed by atoms with van der Waals surface area (Å²) >= 11 is 1.37. The van der Waals surface area contributed by atoms with Crippen LogP contribution in [0.4, 0.5) is 18.9 Å². The lowest BCUT2D eigenvalue weighted by Crippen LogP contribution is -2.16. The summed E-state index contributed by atoms with van der Waals surface area (Å²) in [7, 11) is 0. The molecule has 0 radical (unpaired) electrons. The molecule has 0 fully saturated rings. The van der Waals surface area contributed by atoms with Crippen LogP contribution in [0.2, 0.25) is 0 Å². The first-order chi connectivity index (χ1) is 8.33. The van der Waals surface area contributed by atoms with Gasteiger partial charge in [0.25, 0.3) is 0 Å². The van der Waals surface area contributed by atoms with Gasteiger partial charge in [-0.25, -0.2) is 4.79 Å². The average Bonchev–Trinajstić information content (AvgIpc) is 2.27. The molecule has 0 unspecified atom stereocenters. The molecule has 2 N–H and O–H groups in total. The maximum atomic E-state index is 12.0. The zero-order valence-electron chi connectivity index (χ0n) is 9.54. The SMILES string of the molecule is CSc1ccc(NCCC(F)(F)F)c(C(=O)O)c1. The van der Waals surface area contributed by atoms with E-state index >= 15 is 0 Å². The number of rotatable bonds is 5. The molecule has 0 heterocycles. The zero-order chi connectivity index (χ0) is 13.8. The second-order valence-electron chi connectivity index (χ2n) is 3.51. The van der Waals surface area contributed by atoms with E-state index in [2.05, 4.69) is 5.32 Å². The van der Waals surface area contributed by atoms with Gasteiger partial charge in [-0.15, -0.1) is 11.8 Å². The van der Waals surface area contributed by atoms with Gasteiger partial charge in [0.2, 0.25) is 0 Å². The lowest BCUT2D eigenvalue weighted by Gasteiger charge is -2.12. The van der Waals surface area contributed by atoms with Gasteiger partial charge in [0.05, 0.1) is 12.0 Å². The number of anilines is 1. The lowest BCUT2D eigenvalue weighted by atomic mass is 10.1. The number of carbonyl (C=O) groups is 1. The Morgan fingerprint density at radius 3 is 2.61 bits per heavy atom. The van der Waals surface area contributed by atoms with Crippen LogP contribution in [0.5, 0.6) is 0 Å². The number of hydrogen-bond donors (Lipinski definition) is 2. The van der Waals surface area contributed by atoms with E-state index in [0.29, 0.717) is 0 Å². The van der Waals surface area contributed by atoms with Gasteiger partial charge in [-0.2, -0.15) is 13.2 Å². The van der Waals surface area contributed by atoms with Crippen LogP contribution in [-0.4, -0.2) is 30.1 Å². The Hall–Kier alpha value is -1.37. The summed E-state index contributed by atoms with van der Waals surface area (Å²) in [5.74, 6) is -1.17. The minimum absolute atomic E-state index is 0.0241. The van der Waals surface area contributed by atoms with Crippen molar-refractivity contribution >= 4 is 23.4 Å². The molecular weight excluding hydrogens is 267 g/mol. The predicted octanol–water partition coefficient (Wildman–Crippen LogP) is 3.47. The van der Waals surface area contributed by atoms with E-state index in [4.69, 9.17) is 5.11 Å². The van der Waals surface area contributed by atoms with Crippen molar-refractivity contribution in [2.24, 2.45) is 0 Å². The fourth-order valence-corrected chi connectivity index (χ4v) is 1.76. The van der Waals surface area contributed by atoms with Crippen molar-refractivity contribution in [1.82, 2.24) is 0 Å². The van der Waals surface area contributed by atoms with E-state index in [1.807, 2.05) is 0 Å². The van der Waals surface area contributed by atoms with Crippen molar-refractivity contribution in [2.75, 3.05) is 18.1 Å². The largest absolute Gasteiger partial charge is 0.478 e. The molecule has 7 heteroatoms. The second kappa shape index (κ2) is 5.99. The molecule has 1 aromatic rings. The van der Waals surface area contributed by atoms with Crippen LogP contribution in [0, 0.1) is 0 Å². The van der Waals surface area contributed by atoms with E-state index in [1.165, 1.54) is 23.9 Å². The van der Waals surface area contributed by atoms with Crippen LogP contribution in [0.1, 0.15) is 16.8 Å². The van der Waals surface area contributed by atoms with Gasteiger partial charge in [0, 0.05) is 17.1 Å². The van der Waals surface area contributed by atoms with Crippen LogP contribution >= 0.6 is 11.8 Å². The van der Waals surface area contributed by atoms with Gasteiger partial charge in [0.15, 0.2) is 0 Å². The van der Waals surface area contributed by atoms with E-state index in [9.17, 15) is 18.0 Å². The molecule has 18 heavy (non-hydrogen) atoms. The highest BCUT2D eigenvalue weighted by Crippen LogP contribution is 2.24. The Labute approximate surface area is 106 Å². The van der Waals surface area contributed by atoms with Crippen LogP contribution in [0.25, 0.3) is 0 Å². The Morgan fingerprint density at radius 2 is 2.11 bits per heavy atom. The third-order valence-corrected chi connectivity index (χ3v) is 2.91. The molecule has 0 aliphatic rings. The number of alkyl halides is 3. The molecule has 1 aromatic carbocycles. The lowest BCUT2D eigenvalue weighted by molar-refractivity contribution is -0.131. The average molecular weight is 279 g/mol. The van der Waals surface area contributed by atoms with Gasteiger partial charge >= 0.3 is 12.1 Å². The van der Waals surface area contributed by atoms with Crippen molar-refractivity contribution in [3.63, 3.8) is 0 Å². The highest BCUT2D eigenvalue weighted by atomic mass is 32.2. The normalized spacial score (nSPS) is 11.3. The van der Waals surface area contributed by atoms with E-state index < -0.39 is 18.6 Å². The molecule has 100 valence electrons.